The quantitative estimate of drug-likeness (QED) is 0.859. The summed E-state index contributed by atoms with van der Waals surface area (Å²) in [6, 6.07) is -0.164. The summed E-state index contributed by atoms with van der Waals surface area (Å²) in [6.45, 7) is 2.78. The van der Waals surface area contributed by atoms with Crippen LogP contribution in [0.1, 0.15) is 74.1 Å². The highest BCUT2D eigenvalue weighted by Gasteiger charge is 2.38. The second kappa shape index (κ2) is 7.10. The summed E-state index contributed by atoms with van der Waals surface area (Å²) < 4.78 is 5.03. The lowest BCUT2D eigenvalue weighted by Gasteiger charge is -2.30. The first-order valence-corrected chi connectivity index (χ1v) is 8.60. The molecule has 1 unspecified atom stereocenters. The minimum Gasteiger partial charge on any atom is -0.461 e. The first-order chi connectivity index (χ1) is 11.2. The Morgan fingerprint density at radius 2 is 1.96 bits per heavy atom. The zero-order valence-electron chi connectivity index (χ0n) is 13.6. The van der Waals surface area contributed by atoms with E-state index in [-0.39, 0.29) is 23.6 Å². The minimum atomic E-state index is -0.479. The molecular weight excluding hydrogens is 296 g/mol. The van der Waals surface area contributed by atoms with E-state index in [0.717, 1.165) is 45.1 Å². The number of H-pyrrole nitrogens is 1. The van der Waals surface area contributed by atoms with Crippen LogP contribution in [0.2, 0.25) is 0 Å². The van der Waals surface area contributed by atoms with Crippen molar-refractivity contribution in [2.75, 3.05) is 13.2 Å². The molecule has 2 aliphatic rings. The van der Waals surface area contributed by atoms with Gasteiger partial charge in [0.1, 0.15) is 5.69 Å². The normalized spacial score (nSPS) is 22.3. The van der Waals surface area contributed by atoms with Crippen LogP contribution < -0.4 is 0 Å². The van der Waals surface area contributed by atoms with Crippen LogP contribution in [-0.4, -0.2) is 45.3 Å². The molecule has 1 atom stereocenters. The Morgan fingerprint density at radius 1 is 1.17 bits per heavy atom. The van der Waals surface area contributed by atoms with Crippen LogP contribution in [0.15, 0.2) is 0 Å². The molecular formula is C16H24N4O3. The topological polar surface area (TPSA) is 88.2 Å². The van der Waals surface area contributed by atoms with E-state index in [1.54, 1.807) is 6.92 Å². The van der Waals surface area contributed by atoms with Crippen molar-refractivity contribution in [2.24, 2.45) is 5.92 Å². The third kappa shape index (κ3) is 3.23. The van der Waals surface area contributed by atoms with Crippen LogP contribution in [0.5, 0.6) is 0 Å². The fraction of sp³-hybridized carbons (Fsp3) is 0.750. The van der Waals surface area contributed by atoms with Crippen molar-refractivity contribution in [1.29, 1.82) is 0 Å². The van der Waals surface area contributed by atoms with Gasteiger partial charge >= 0.3 is 5.97 Å². The molecule has 2 fully saturated rings. The van der Waals surface area contributed by atoms with Gasteiger partial charge in [-0.3, -0.25) is 4.79 Å². The first-order valence-electron chi connectivity index (χ1n) is 8.60. The predicted octanol–water partition coefficient (Wildman–Crippen LogP) is 2.23. The van der Waals surface area contributed by atoms with E-state index in [2.05, 4.69) is 15.4 Å². The van der Waals surface area contributed by atoms with Crippen LogP contribution in [0, 0.1) is 5.92 Å². The standard InChI is InChI=1S/C16H24N4O3/c1-2-23-16(22)14-13(17-19-18-14)12-9-6-10-20(12)15(21)11-7-4-3-5-8-11/h11-12H,2-10H2,1H3,(H,17,18,19). The molecule has 1 saturated heterocycles. The van der Waals surface area contributed by atoms with Crippen LogP contribution in [0.25, 0.3) is 0 Å². The Hall–Kier alpha value is -1.92. The summed E-state index contributed by atoms with van der Waals surface area (Å²) in [4.78, 5) is 26.8. The van der Waals surface area contributed by atoms with Gasteiger partial charge in [0.05, 0.1) is 12.6 Å². The van der Waals surface area contributed by atoms with Gasteiger partial charge in [-0.25, -0.2) is 4.79 Å². The minimum absolute atomic E-state index is 0.127. The number of hydrogen-bond acceptors (Lipinski definition) is 5. The lowest BCUT2D eigenvalue weighted by molar-refractivity contribution is -0.137. The Kier molecular flexibility index (Phi) is 4.93. The van der Waals surface area contributed by atoms with Gasteiger partial charge in [-0.15, -0.1) is 5.10 Å². The maximum atomic E-state index is 12.9. The lowest BCUT2D eigenvalue weighted by atomic mass is 9.88. The average Bonchev–Trinajstić information content (AvgIpc) is 3.23. The van der Waals surface area contributed by atoms with Crippen LogP contribution in [-0.2, 0) is 9.53 Å². The molecule has 3 rings (SSSR count). The molecule has 7 heteroatoms. The summed E-state index contributed by atoms with van der Waals surface area (Å²) in [7, 11) is 0. The van der Waals surface area contributed by atoms with Gasteiger partial charge in [-0.1, -0.05) is 19.3 Å². The number of hydrogen-bond donors (Lipinski definition) is 1. The van der Waals surface area contributed by atoms with E-state index >= 15 is 0 Å². The van der Waals surface area contributed by atoms with Crippen molar-refractivity contribution < 1.29 is 14.3 Å². The van der Waals surface area contributed by atoms with E-state index in [4.69, 9.17) is 4.74 Å². The molecule has 1 aromatic rings. The summed E-state index contributed by atoms with van der Waals surface area (Å²) in [5, 5.41) is 10.6. The van der Waals surface area contributed by atoms with Crippen molar-refractivity contribution in [3.63, 3.8) is 0 Å². The largest absolute Gasteiger partial charge is 0.461 e. The van der Waals surface area contributed by atoms with Crippen molar-refractivity contribution in [1.82, 2.24) is 20.3 Å². The number of ether oxygens (including phenoxy) is 1. The van der Waals surface area contributed by atoms with Crippen molar-refractivity contribution in [3.8, 4) is 0 Å². The molecule has 1 saturated carbocycles. The molecule has 0 radical (unpaired) electrons. The molecule has 126 valence electrons. The van der Waals surface area contributed by atoms with Crippen molar-refractivity contribution in [3.05, 3.63) is 11.4 Å². The summed E-state index contributed by atoms with van der Waals surface area (Å²) in [6.07, 6.45) is 7.19. The highest BCUT2D eigenvalue weighted by Crippen LogP contribution is 2.35. The highest BCUT2D eigenvalue weighted by atomic mass is 16.5. The molecule has 1 aromatic heterocycles. The van der Waals surface area contributed by atoms with Gasteiger partial charge in [0.15, 0.2) is 5.69 Å². The average molecular weight is 320 g/mol. The Bertz CT molecular complexity index is 565. The molecule has 1 aliphatic carbocycles. The fourth-order valence-electron chi connectivity index (χ4n) is 3.72. The van der Waals surface area contributed by atoms with Gasteiger partial charge in [0, 0.05) is 12.5 Å². The van der Waals surface area contributed by atoms with E-state index < -0.39 is 5.97 Å². The molecule has 2 heterocycles. The molecule has 23 heavy (non-hydrogen) atoms. The number of carbonyl (C=O) groups excluding carboxylic acids is 2. The molecule has 1 N–H and O–H groups in total. The molecule has 1 amide bonds. The zero-order chi connectivity index (χ0) is 16.2. The zero-order valence-corrected chi connectivity index (χ0v) is 13.6. The second-order valence-electron chi connectivity index (χ2n) is 6.30. The van der Waals surface area contributed by atoms with E-state index in [1.807, 2.05) is 4.90 Å². The highest BCUT2D eigenvalue weighted by molar-refractivity contribution is 5.89. The summed E-state index contributed by atoms with van der Waals surface area (Å²) >= 11 is 0. The SMILES string of the molecule is CCOC(=O)c1n[nH]nc1C1CCCN1C(=O)C1CCCCC1. The predicted molar refractivity (Wildman–Crippen MR) is 82.6 cm³/mol. The number of carbonyl (C=O) groups is 2. The van der Waals surface area contributed by atoms with E-state index in [1.165, 1.54) is 6.42 Å². The number of nitrogens with one attached hydrogen (secondary N) is 1. The van der Waals surface area contributed by atoms with Gasteiger partial charge in [-0.05, 0) is 32.6 Å². The number of rotatable bonds is 4. The number of likely N-dealkylation sites (tertiary alicyclic amines) is 1. The third-order valence-electron chi connectivity index (χ3n) is 4.85. The Morgan fingerprint density at radius 3 is 2.70 bits per heavy atom. The van der Waals surface area contributed by atoms with Gasteiger partial charge < -0.3 is 9.64 Å². The fourth-order valence-corrected chi connectivity index (χ4v) is 3.72. The lowest BCUT2D eigenvalue weighted by Crippen LogP contribution is -2.37. The van der Waals surface area contributed by atoms with Crippen LogP contribution >= 0.6 is 0 Å². The Balaban J connectivity index is 1.78. The summed E-state index contributed by atoms with van der Waals surface area (Å²) in [5.74, 6) is -0.138. The number of aromatic amines is 1. The maximum absolute atomic E-state index is 12.9. The van der Waals surface area contributed by atoms with Crippen molar-refractivity contribution in [2.45, 2.75) is 57.9 Å². The van der Waals surface area contributed by atoms with Crippen molar-refractivity contribution >= 4 is 11.9 Å². The van der Waals surface area contributed by atoms with Gasteiger partial charge in [-0.2, -0.15) is 10.3 Å². The van der Waals surface area contributed by atoms with Gasteiger partial charge in [0.25, 0.3) is 0 Å². The number of nitrogens with zero attached hydrogens (tertiary/aromatic N) is 3. The molecule has 0 spiro atoms. The van der Waals surface area contributed by atoms with Gasteiger partial charge in [0.2, 0.25) is 5.91 Å². The molecule has 0 bridgehead atoms. The first kappa shape index (κ1) is 16.0. The van der Waals surface area contributed by atoms with E-state index in [0.29, 0.717) is 12.3 Å². The van der Waals surface area contributed by atoms with E-state index in [9.17, 15) is 9.59 Å². The third-order valence-corrected chi connectivity index (χ3v) is 4.85. The summed E-state index contributed by atoms with van der Waals surface area (Å²) in [5.41, 5.74) is 0.755. The molecule has 1 aliphatic heterocycles. The maximum Gasteiger partial charge on any atom is 0.360 e. The monoisotopic (exact) mass is 320 g/mol. The molecule has 0 aromatic carbocycles. The molecule has 7 nitrogen and oxygen atoms in total. The number of esters is 1. The van der Waals surface area contributed by atoms with Crippen LogP contribution in [0.3, 0.4) is 0 Å². The Labute approximate surface area is 135 Å². The second-order valence-corrected chi connectivity index (χ2v) is 6.30. The van der Waals surface area contributed by atoms with Crippen LogP contribution in [0.4, 0.5) is 0 Å². The number of aromatic nitrogens is 3. The smallest absolute Gasteiger partial charge is 0.360 e. The number of amides is 1.